The number of hydrogen-bond donors (Lipinski definition) is 1. The van der Waals surface area contributed by atoms with Crippen LogP contribution in [0.2, 0.25) is 0 Å². The number of carboxylic acid groups (broad SMARTS) is 1. The Kier molecular flexibility index (Phi) is 5.35. The summed E-state index contributed by atoms with van der Waals surface area (Å²) in [6, 6.07) is 15.1. The van der Waals surface area contributed by atoms with E-state index in [1.807, 2.05) is 48.5 Å². The van der Waals surface area contributed by atoms with E-state index in [2.05, 4.69) is 0 Å². The number of carboxylic acids is 1. The molecule has 21 heavy (non-hydrogen) atoms. The Hall–Kier alpha value is -2.33. The van der Waals surface area contributed by atoms with Crippen molar-refractivity contribution in [3.8, 4) is 5.75 Å². The van der Waals surface area contributed by atoms with Crippen molar-refractivity contribution < 1.29 is 19.4 Å². The lowest BCUT2D eigenvalue weighted by atomic mass is 10.1. The lowest BCUT2D eigenvalue weighted by molar-refractivity contribution is -0.136. The third-order valence-electron chi connectivity index (χ3n) is 3.15. The highest BCUT2D eigenvalue weighted by Crippen LogP contribution is 2.14. The van der Waals surface area contributed by atoms with Gasteiger partial charge < -0.3 is 14.6 Å². The Morgan fingerprint density at radius 3 is 2.29 bits per heavy atom. The van der Waals surface area contributed by atoms with Crippen molar-refractivity contribution in [2.75, 3.05) is 7.11 Å². The molecule has 0 aliphatic carbocycles. The normalized spacial score (nSPS) is 10.3. The van der Waals surface area contributed by atoms with Crippen LogP contribution in [0.4, 0.5) is 0 Å². The van der Waals surface area contributed by atoms with Crippen LogP contribution in [0.15, 0.2) is 48.5 Å². The van der Waals surface area contributed by atoms with Crippen LogP contribution >= 0.6 is 0 Å². The van der Waals surface area contributed by atoms with Gasteiger partial charge in [0.2, 0.25) is 0 Å². The second kappa shape index (κ2) is 7.45. The van der Waals surface area contributed by atoms with Crippen LogP contribution in [0.1, 0.15) is 16.7 Å². The molecule has 0 saturated carbocycles. The summed E-state index contributed by atoms with van der Waals surface area (Å²) in [4.78, 5) is 10.8. The summed E-state index contributed by atoms with van der Waals surface area (Å²) in [6.07, 6.45) is 0.0159. The summed E-state index contributed by atoms with van der Waals surface area (Å²) in [5.41, 5.74) is 2.75. The molecule has 0 fully saturated rings. The van der Waals surface area contributed by atoms with Crippen LogP contribution in [-0.4, -0.2) is 18.2 Å². The largest absolute Gasteiger partial charge is 0.497 e. The van der Waals surface area contributed by atoms with Gasteiger partial charge in [0.25, 0.3) is 0 Å². The van der Waals surface area contributed by atoms with Crippen LogP contribution in [0.25, 0.3) is 0 Å². The first kappa shape index (κ1) is 15.1. The number of hydrogen-bond acceptors (Lipinski definition) is 3. The SMILES string of the molecule is COc1ccc(COCc2ccccc2CC(=O)O)cc1. The Morgan fingerprint density at radius 1 is 1.00 bits per heavy atom. The lowest BCUT2D eigenvalue weighted by Crippen LogP contribution is -2.04. The van der Waals surface area contributed by atoms with Gasteiger partial charge in [-0.15, -0.1) is 0 Å². The molecule has 0 aliphatic rings. The highest BCUT2D eigenvalue weighted by Gasteiger charge is 2.06. The van der Waals surface area contributed by atoms with Gasteiger partial charge in [-0.2, -0.15) is 0 Å². The predicted molar refractivity (Wildman–Crippen MR) is 79.3 cm³/mol. The molecule has 0 atom stereocenters. The van der Waals surface area contributed by atoms with Crippen molar-refractivity contribution in [3.63, 3.8) is 0 Å². The smallest absolute Gasteiger partial charge is 0.307 e. The van der Waals surface area contributed by atoms with E-state index in [0.29, 0.717) is 13.2 Å². The number of benzene rings is 2. The molecule has 0 amide bonds. The molecule has 2 aromatic rings. The number of ether oxygens (including phenoxy) is 2. The third-order valence-corrected chi connectivity index (χ3v) is 3.15. The highest BCUT2D eigenvalue weighted by atomic mass is 16.5. The standard InChI is InChI=1S/C17H18O4/c1-20-16-8-6-13(7-9-16)11-21-12-15-5-3-2-4-14(15)10-17(18)19/h2-9H,10-12H2,1H3,(H,18,19). The number of aliphatic carboxylic acids is 1. The van der Waals surface area contributed by atoms with Crippen LogP contribution in [0.3, 0.4) is 0 Å². The summed E-state index contributed by atoms with van der Waals surface area (Å²) in [7, 11) is 1.63. The first-order chi connectivity index (χ1) is 10.2. The summed E-state index contributed by atoms with van der Waals surface area (Å²) in [5.74, 6) is -0.0249. The van der Waals surface area contributed by atoms with Crippen molar-refractivity contribution in [2.24, 2.45) is 0 Å². The summed E-state index contributed by atoms with van der Waals surface area (Å²) in [6.45, 7) is 0.876. The van der Waals surface area contributed by atoms with E-state index >= 15 is 0 Å². The fourth-order valence-corrected chi connectivity index (χ4v) is 2.03. The molecule has 2 aromatic carbocycles. The lowest BCUT2D eigenvalue weighted by Gasteiger charge is -2.09. The molecule has 0 radical (unpaired) electrons. The summed E-state index contributed by atoms with van der Waals surface area (Å²) in [5, 5.41) is 8.89. The molecule has 1 N–H and O–H groups in total. The van der Waals surface area contributed by atoms with Gasteiger partial charge in [-0.25, -0.2) is 0 Å². The third kappa shape index (κ3) is 4.61. The molecule has 0 aromatic heterocycles. The van der Waals surface area contributed by atoms with E-state index in [4.69, 9.17) is 14.6 Å². The van der Waals surface area contributed by atoms with Crippen molar-refractivity contribution in [2.45, 2.75) is 19.6 Å². The van der Waals surface area contributed by atoms with Gasteiger partial charge >= 0.3 is 5.97 Å². The molecule has 4 heteroatoms. The average molecular weight is 286 g/mol. The minimum absolute atomic E-state index is 0.0159. The van der Waals surface area contributed by atoms with E-state index in [1.54, 1.807) is 7.11 Å². The van der Waals surface area contributed by atoms with Gasteiger partial charge in [0.15, 0.2) is 0 Å². The van der Waals surface area contributed by atoms with Crippen LogP contribution < -0.4 is 4.74 Å². The van der Waals surface area contributed by atoms with Gasteiger partial charge in [-0.1, -0.05) is 36.4 Å². The van der Waals surface area contributed by atoms with Gasteiger partial charge in [0, 0.05) is 0 Å². The van der Waals surface area contributed by atoms with Gasteiger partial charge in [-0.3, -0.25) is 4.79 Å². The fourth-order valence-electron chi connectivity index (χ4n) is 2.03. The molecular weight excluding hydrogens is 268 g/mol. The highest BCUT2D eigenvalue weighted by molar-refractivity contribution is 5.70. The maximum Gasteiger partial charge on any atom is 0.307 e. The molecule has 2 rings (SSSR count). The first-order valence-electron chi connectivity index (χ1n) is 6.68. The van der Waals surface area contributed by atoms with E-state index < -0.39 is 5.97 Å². The molecule has 0 bridgehead atoms. The molecule has 0 spiro atoms. The van der Waals surface area contributed by atoms with Crippen molar-refractivity contribution >= 4 is 5.97 Å². The Balaban J connectivity index is 1.92. The maximum atomic E-state index is 10.8. The summed E-state index contributed by atoms with van der Waals surface area (Å²) >= 11 is 0. The number of rotatable bonds is 7. The molecule has 4 nitrogen and oxygen atoms in total. The van der Waals surface area contributed by atoms with Crippen molar-refractivity contribution in [3.05, 3.63) is 65.2 Å². The predicted octanol–water partition coefficient (Wildman–Crippen LogP) is 3.04. The topological polar surface area (TPSA) is 55.8 Å². The van der Waals surface area contributed by atoms with Gasteiger partial charge in [0.1, 0.15) is 5.75 Å². The zero-order chi connectivity index (χ0) is 15.1. The van der Waals surface area contributed by atoms with Crippen LogP contribution in [0, 0.1) is 0 Å². The van der Waals surface area contributed by atoms with Gasteiger partial charge in [0.05, 0.1) is 26.7 Å². The quantitative estimate of drug-likeness (QED) is 0.850. The van der Waals surface area contributed by atoms with Crippen LogP contribution in [-0.2, 0) is 29.2 Å². The van der Waals surface area contributed by atoms with E-state index in [0.717, 1.165) is 22.4 Å². The monoisotopic (exact) mass is 286 g/mol. The van der Waals surface area contributed by atoms with Crippen LogP contribution in [0.5, 0.6) is 5.75 Å². The number of carbonyl (C=O) groups is 1. The minimum atomic E-state index is -0.836. The maximum absolute atomic E-state index is 10.8. The molecule has 0 unspecified atom stereocenters. The molecule has 0 heterocycles. The molecular formula is C17H18O4. The number of methoxy groups -OCH3 is 1. The average Bonchev–Trinajstić information content (AvgIpc) is 2.49. The molecule has 110 valence electrons. The first-order valence-corrected chi connectivity index (χ1v) is 6.68. The van der Waals surface area contributed by atoms with Gasteiger partial charge in [-0.05, 0) is 28.8 Å². The zero-order valence-electron chi connectivity index (χ0n) is 11.9. The Labute approximate surface area is 123 Å². The van der Waals surface area contributed by atoms with E-state index in [-0.39, 0.29) is 6.42 Å². The van der Waals surface area contributed by atoms with E-state index in [1.165, 1.54) is 0 Å². The Bertz CT molecular complexity index is 590. The van der Waals surface area contributed by atoms with E-state index in [9.17, 15) is 4.79 Å². The zero-order valence-corrected chi connectivity index (χ0v) is 11.9. The van der Waals surface area contributed by atoms with Crippen molar-refractivity contribution in [1.82, 2.24) is 0 Å². The Morgan fingerprint density at radius 2 is 1.67 bits per heavy atom. The fraction of sp³-hybridized carbons (Fsp3) is 0.235. The second-order valence-corrected chi connectivity index (χ2v) is 4.68. The second-order valence-electron chi connectivity index (χ2n) is 4.68. The molecule has 0 saturated heterocycles. The minimum Gasteiger partial charge on any atom is -0.497 e. The molecule has 0 aliphatic heterocycles. The van der Waals surface area contributed by atoms with Crippen molar-refractivity contribution in [1.29, 1.82) is 0 Å². The summed E-state index contributed by atoms with van der Waals surface area (Å²) < 4.78 is 10.8.